The summed E-state index contributed by atoms with van der Waals surface area (Å²) in [6, 6.07) is 68.5. The lowest BCUT2D eigenvalue weighted by molar-refractivity contribution is 0.623. The van der Waals surface area contributed by atoms with E-state index in [2.05, 4.69) is 163 Å². The molecule has 0 atom stereocenters. The summed E-state index contributed by atoms with van der Waals surface area (Å²) >= 11 is 0. The number of oxazole rings is 1. The molecule has 0 aliphatic heterocycles. The minimum Gasteiger partial charge on any atom is -0.435 e. The zero-order valence-electron chi connectivity index (χ0n) is 30.3. The van der Waals surface area contributed by atoms with Crippen LogP contribution in [0.2, 0.25) is 0 Å². The summed E-state index contributed by atoms with van der Waals surface area (Å²) in [6.07, 6.45) is 1.99. The van der Waals surface area contributed by atoms with Gasteiger partial charge in [-0.2, -0.15) is 0 Å². The molecule has 0 bridgehead atoms. The molecule has 56 heavy (non-hydrogen) atoms. The maximum absolute atomic E-state index is 6.50. The van der Waals surface area contributed by atoms with Gasteiger partial charge in [0.1, 0.15) is 5.52 Å². The number of pyridine rings is 1. The van der Waals surface area contributed by atoms with Gasteiger partial charge < -0.3 is 9.32 Å². The van der Waals surface area contributed by atoms with E-state index in [0.717, 1.165) is 66.5 Å². The highest BCUT2D eigenvalue weighted by molar-refractivity contribution is 6.18. The molecule has 0 aliphatic carbocycles. The number of anilines is 3. The molecule has 0 fully saturated rings. The van der Waals surface area contributed by atoms with Crippen LogP contribution in [0.15, 0.2) is 205 Å². The predicted octanol–water partition coefficient (Wildman–Crippen LogP) is 14.3. The van der Waals surface area contributed by atoms with E-state index in [0.29, 0.717) is 5.89 Å². The van der Waals surface area contributed by atoms with Gasteiger partial charge in [0.15, 0.2) is 5.58 Å². The van der Waals surface area contributed by atoms with Crippen molar-refractivity contribution in [1.82, 2.24) is 9.97 Å². The standard InChI is InChI=1S/C52H33N3O/c1-3-9-34(10-4-1)35-21-24-42(25-22-35)55(43-26-28-46-40(31-43)19-16-36-11-7-8-14-45(36)46)44-27-30-48(53-33-44)41-20-17-37-15-18-38-23-29-49-51(50(38)47(37)32-41)56-52(54-49)39-12-5-2-6-13-39/h1-33H. The highest BCUT2D eigenvalue weighted by atomic mass is 16.3. The normalized spacial score (nSPS) is 11.6. The number of hydrogen-bond acceptors (Lipinski definition) is 4. The van der Waals surface area contributed by atoms with Gasteiger partial charge in [0.05, 0.1) is 17.6 Å². The van der Waals surface area contributed by atoms with Crippen molar-refractivity contribution < 1.29 is 4.42 Å². The Balaban J connectivity index is 1.01. The van der Waals surface area contributed by atoms with Gasteiger partial charge in [-0.05, 0) is 109 Å². The quantitative estimate of drug-likeness (QED) is 0.161. The summed E-state index contributed by atoms with van der Waals surface area (Å²) in [5, 5.41) is 9.34. The fourth-order valence-electron chi connectivity index (χ4n) is 8.09. The molecule has 2 aromatic heterocycles. The Morgan fingerprint density at radius 3 is 1.80 bits per heavy atom. The van der Waals surface area contributed by atoms with E-state index in [1.165, 1.54) is 32.7 Å². The molecule has 4 nitrogen and oxygen atoms in total. The van der Waals surface area contributed by atoms with Crippen LogP contribution in [0.3, 0.4) is 0 Å². The Bertz CT molecular complexity index is 3230. The zero-order chi connectivity index (χ0) is 37.0. The molecule has 11 aromatic rings. The van der Waals surface area contributed by atoms with Gasteiger partial charge in [-0.25, -0.2) is 4.98 Å². The second-order valence-corrected chi connectivity index (χ2v) is 14.2. The van der Waals surface area contributed by atoms with Crippen LogP contribution in [0.1, 0.15) is 0 Å². The van der Waals surface area contributed by atoms with Crippen molar-refractivity contribution in [3.63, 3.8) is 0 Å². The largest absolute Gasteiger partial charge is 0.435 e. The number of aromatic nitrogens is 2. The molecule has 0 spiro atoms. The third-order valence-electron chi connectivity index (χ3n) is 10.9. The molecule has 4 heteroatoms. The maximum Gasteiger partial charge on any atom is 0.227 e. The Morgan fingerprint density at radius 2 is 1.00 bits per heavy atom. The molecule has 0 saturated heterocycles. The Kier molecular flexibility index (Phi) is 7.46. The fraction of sp³-hybridized carbons (Fsp3) is 0. The number of rotatable bonds is 6. The van der Waals surface area contributed by atoms with Crippen molar-refractivity contribution in [2.75, 3.05) is 4.90 Å². The van der Waals surface area contributed by atoms with Crippen LogP contribution in [0.4, 0.5) is 17.1 Å². The summed E-state index contributed by atoms with van der Waals surface area (Å²) in [7, 11) is 0. The van der Waals surface area contributed by atoms with Gasteiger partial charge in [0.2, 0.25) is 5.89 Å². The molecule has 9 aromatic carbocycles. The summed E-state index contributed by atoms with van der Waals surface area (Å²) in [5.41, 5.74) is 10.00. The van der Waals surface area contributed by atoms with Crippen molar-refractivity contribution in [2.24, 2.45) is 0 Å². The molecule has 11 rings (SSSR count). The van der Waals surface area contributed by atoms with Crippen molar-refractivity contribution in [2.45, 2.75) is 0 Å². The summed E-state index contributed by atoms with van der Waals surface area (Å²) < 4.78 is 6.50. The monoisotopic (exact) mass is 715 g/mol. The molecule has 0 saturated carbocycles. The van der Waals surface area contributed by atoms with E-state index >= 15 is 0 Å². The highest BCUT2D eigenvalue weighted by Crippen LogP contribution is 2.40. The van der Waals surface area contributed by atoms with Crippen LogP contribution in [-0.2, 0) is 0 Å². The third-order valence-corrected chi connectivity index (χ3v) is 10.9. The summed E-state index contributed by atoms with van der Waals surface area (Å²) in [5.74, 6) is 0.623. The van der Waals surface area contributed by atoms with Crippen LogP contribution >= 0.6 is 0 Å². The van der Waals surface area contributed by atoms with Crippen LogP contribution in [0.5, 0.6) is 0 Å². The number of hydrogen-bond donors (Lipinski definition) is 0. The number of nitrogens with zero attached hydrogens (tertiary/aromatic N) is 3. The summed E-state index contributed by atoms with van der Waals surface area (Å²) in [4.78, 5) is 12.3. The summed E-state index contributed by atoms with van der Waals surface area (Å²) in [6.45, 7) is 0. The van der Waals surface area contributed by atoms with Crippen molar-refractivity contribution in [1.29, 1.82) is 0 Å². The zero-order valence-corrected chi connectivity index (χ0v) is 30.3. The predicted molar refractivity (Wildman–Crippen MR) is 233 cm³/mol. The molecular formula is C52H33N3O. The molecule has 0 aliphatic rings. The Morgan fingerprint density at radius 1 is 0.393 bits per heavy atom. The fourth-order valence-corrected chi connectivity index (χ4v) is 8.09. The van der Waals surface area contributed by atoms with Gasteiger partial charge >= 0.3 is 0 Å². The van der Waals surface area contributed by atoms with Crippen LogP contribution in [0.25, 0.3) is 88.0 Å². The lowest BCUT2D eigenvalue weighted by Crippen LogP contribution is -2.10. The minimum atomic E-state index is 0.623. The minimum absolute atomic E-state index is 0.623. The van der Waals surface area contributed by atoms with Gasteiger partial charge in [-0.3, -0.25) is 4.98 Å². The Hall–Kier alpha value is -7.56. The second kappa shape index (κ2) is 13.1. The first kappa shape index (κ1) is 31.9. The van der Waals surface area contributed by atoms with Crippen molar-refractivity contribution >= 4 is 71.3 Å². The average molecular weight is 716 g/mol. The lowest BCUT2D eigenvalue weighted by atomic mass is 9.98. The first-order valence-electron chi connectivity index (χ1n) is 18.9. The lowest BCUT2D eigenvalue weighted by Gasteiger charge is -2.26. The number of benzene rings is 9. The third kappa shape index (κ3) is 5.47. The van der Waals surface area contributed by atoms with E-state index in [1.807, 2.05) is 42.6 Å². The maximum atomic E-state index is 6.50. The van der Waals surface area contributed by atoms with Crippen LogP contribution in [-0.4, -0.2) is 9.97 Å². The van der Waals surface area contributed by atoms with Gasteiger partial charge in [0, 0.05) is 27.9 Å². The molecule has 0 amide bonds. The molecule has 2 heterocycles. The smallest absolute Gasteiger partial charge is 0.227 e. The van der Waals surface area contributed by atoms with Crippen LogP contribution in [0, 0.1) is 0 Å². The molecule has 0 unspecified atom stereocenters. The second-order valence-electron chi connectivity index (χ2n) is 14.2. The van der Waals surface area contributed by atoms with Gasteiger partial charge in [0.25, 0.3) is 0 Å². The van der Waals surface area contributed by atoms with Crippen LogP contribution < -0.4 is 4.90 Å². The first-order chi connectivity index (χ1) is 27.7. The van der Waals surface area contributed by atoms with E-state index in [4.69, 9.17) is 14.4 Å². The average Bonchev–Trinajstić information content (AvgIpc) is 3.72. The molecular weight excluding hydrogens is 683 g/mol. The molecule has 0 radical (unpaired) electrons. The van der Waals surface area contributed by atoms with Crippen molar-refractivity contribution in [3.05, 3.63) is 200 Å². The van der Waals surface area contributed by atoms with Crippen molar-refractivity contribution in [3.8, 4) is 33.8 Å². The van der Waals surface area contributed by atoms with E-state index < -0.39 is 0 Å². The Labute approximate surface area is 323 Å². The topological polar surface area (TPSA) is 42.2 Å². The van der Waals surface area contributed by atoms with E-state index in [-0.39, 0.29) is 0 Å². The molecule has 262 valence electrons. The number of fused-ring (bicyclic) bond motifs is 8. The van der Waals surface area contributed by atoms with E-state index in [1.54, 1.807) is 0 Å². The highest BCUT2D eigenvalue weighted by Gasteiger charge is 2.17. The van der Waals surface area contributed by atoms with E-state index in [9.17, 15) is 0 Å². The van der Waals surface area contributed by atoms with Gasteiger partial charge in [-0.1, -0.05) is 133 Å². The SMILES string of the molecule is c1ccc(-c2ccc(N(c3ccc(-c4ccc5ccc6ccc7nc(-c8ccccc8)oc7c6c5c4)nc3)c3ccc4c(ccc5ccccc54)c3)cc2)cc1. The first-order valence-corrected chi connectivity index (χ1v) is 18.9. The van der Waals surface area contributed by atoms with Gasteiger partial charge in [-0.15, -0.1) is 0 Å². The molecule has 0 N–H and O–H groups in total.